The predicted molar refractivity (Wildman–Crippen MR) is 105 cm³/mol. The van der Waals surface area contributed by atoms with Crippen LogP contribution >= 0.6 is 0 Å². The van der Waals surface area contributed by atoms with Gasteiger partial charge in [-0.1, -0.05) is 18.2 Å². The second-order valence-corrected chi connectivity index (χ2v) is 6.74. The molecule has 0 aliphatic carbocycles. The third kappa shape index (κ3) is 4.55. The molecule has 0 bridgehead atoms. The Morgan fingerprint density at radius 3 is 2.74 bits per heavy atom. The van der Waals surface area contributed by atoms with Crippen molar-refractivity contribution in [1.82, 2.24) is 4.57 Å². The molecule has 2 aromatic carbocycles. The zero-order valence-electron chi connectivity index (χ0n) is 15.4. The maximum Gasteiger partial charge on any atom is 0.338 e. The maximum absolute atomic E-state index is 12.0. The van der Waals surface area contributed by atoms with Crippen LogP contribution in [0.5, 0.6) is 0 Å². The van der Waals surface area contributed by atoms with E-state index in [4.69, 9.17) is 10.5 Å². The number of nitrogens with zero attached hydrogens (tertiary/aromatic N) is 2. The van der Waals surface area contributed by atoms with Crippen molar-refractivity contribution in [3.63, 3.8) is 0 Å². The van der Waals surface area contributed by atoms with Gasteiger partial charge in [0.25, 0.3) is 0 Å². The number of rotatable bonds is 7. The summed E-state index contributed by atoms with van der Waals surface area (Å²) < 4.78 is 7.37. The van der Waals surface area contributed by atoms with E-state index in [0.717, 1.165) is 22.9 Å². The molecule has 0 spiro atoms. The van der Waals surface area contributed by atoms with Crippen LogP contribution in [0, 0.1) is 11.3 Å². The predicted octanol–water partition coefficient (Wildman–Crippen LogP) is 3.65. The second kappa shape index (κ2) is 8.52. The van der Waals surface area contributed by atoms with Gasteiger partial charge in [-0.2, -0.15) is 5.26 Å². The smallest absolute Gasteiger partial charge is 0.338 e. The van der Waals surface area contributed by atoms with Crippen LogP contribution in [0.15, 0.2) is 54.7 Å². The number of hydrogen-bond acceptors (Lipinski definition) is 4. The summed E-state index contributed by atoms with van der Waals surface area (Å²) in [5.41, 5.74) is 9.07. The van der Waals surface area contributed by atoms with Gasteiger partial charge >= 0.3 is 5.97 Å². The molecule has 3 rings (SSSR count). The molecule has 1 heterocycles. The molecule has 1 atom stereocenters. The molecular weight excluding hydrogens is 338 g/mol. The fourth-order valence-electron chi connectivity index (χ4n) is 3.23. The lowest BCUT2D eigenvalue weighted by atomic mass is 10.0. The molecule has 27 heavy (non-hydrogen) atoms. The summed E-state index contributed by atoms with van der Waals surface area (Å²) >= 11 is 0. The average Bonchev–Trinajstić information content (AvgIpc) is 3.07. The molecule has 1 aromatic heterocycles. The summed E-state index contributed by atoms with van der Waals surface area (Å²) in [6, 6.07) is 17.3. The summed E-state index contributed by atoms with van der Waals surface area (Å²) in [7, 11) is 0. The Kier molecular flexibility index (Phi) is 5.90. The zero-order chi connectivity index (χ0) is 19.2. The molecular formula is C22H23N3O2. The molecule has 0 saturated heterocycles. The standard InChI is InChI=1S/C22H23N3O2/c1-16(24)12-17-13-19-8-10-25(21(19)20(14-17)15-23)9-5-11-27-22(26)18-6-3-2-4-7-18/h2-4,6-8,10,13-14,16H,5,9,11-12,24H2,1H3. The summed E-state index contributed by atoms with van der Waals surface area (Å²) in [4.78, 5) is 12.0. The molecule has 2 N–H and O–H groups in total. The van der Waals surface area contributed by atoms with Crippen molar-refractivity contribution in [2.45, 2.75) is 32.4 Å². The fourth-order valence-corrected chi connectivity index (χ4v) is 3.23. The molecule has 138 valence electrons. The number of fused-ring (bicyclic) bond motifs is 1. The van der Waals surface area contributed by atoms with E-state index in [-0.39, 0.29) is 12.0 Å². The van der Waals surface area contributed by atoms with Crippen LogP contribution in [0.1, 0.15) is 34.8 Å². The topological polar surface area (TPSA) is 81.0 Å². The van der Waals surface area contributed by atoms with Gasteiger partial charge in [-0.15, -0.1) is 0 Å². The average molecular weight is 361 g/mol. The number of esters is 1. The van der Waals surface area contributed by atoms with Gasteiger partial charge < -0.3 is 15.0 Å². The molecule has 0 aliphatic rings. The number of hydrogen-bond donors (Lipinski definition) is 1. The number of aryl methyl sites for hydroxylation is 1. The monoisotopic (exact) mass is 361 g/mol. The van der Waals surface area contributed by atoms with Gasteiger partial charge in [0, 0.05) is 24.2 Å². The maximum atomic E-state index is 12.0. The number of nitriles is 1. The third-order valence-electron chi connectivity index (χ3n) is 4.38. The quantitative estimate of drug-likeness (QED) is 0.514. The minimum Gasteiger partial charge on any atom is -0.462 e. The number of benzene rings is 2. The minimum atomic E-state index is -0.314. The highest BCUT2D eigenvalue weighted by atomic mass is 16.5. The van der Waals surface area contributed by atoms with Crippen molar-refractivity contribution in [2.75, 3.05) is 6.61 Å². The first-order valence-electron chi connectivity index (χ1n) is 9.08. The highest BCUT2D eigenvalue weighted by Crippen LogP contribution is 2.23. The molecule has 0 fully saturated rings. The van der Waals surface area contributed by atoms with E-state index in [0.29, 0.717) is 30.7 Å². The molecule has 0 saturated carbocycles. The van der Waals surface area contributed by atoms with Crippen molar-refractivity contribution in [3.8, 4) is 6.07 Å². The van der Waals surface area contributed by atoms with E-state index in [1.807, 2.05) is 48.0 Å². The van der Waals surface area contributed by atoms with E-state index in [1.165, 1.54) is 0 Å². The van der Waals surface area contributed by atoms with Gasteiger partial charge in [-0.05, 0) is 55.7 Å². The van der Waals surface area contributed by atoms with E-state index in [9.17, 15) is 10.1 Å². The van der Waals surface area contributed by atoms with Gasteiger partial charge in [0.15, 0.2) is 0 Å². The Morgan fingerprint density at radius 1 is 1.26 bits per heavy atom. The second-order valence-electron chi connectivity index (χ2n) is 6.74. The van der Waals surface area contributed by atoms with Gasteiger partial charge in [0.05, 0.1) is 23.3 Å². The van der Waals surface area contributed by atoms with Crippen molar-refractivity contribution >= 4 is 16.9 Å². The molecule has 3 aromatic rings. The van der Waals surface area contributed by atoms with Crippen LogP contribution in [0.25, 0.3) is 10.9 Å². The van der Waals surface area contributed by atoms with Crippen molar-refractivity contribution in [2.24, 2.45) is 5.73 Å². The van der Waals surface area contributed by atoms with Gasteiger partial charge in [-0.25, -0.2) is 4.79 Å². The van der Waals surface area contributed by atoms with E-state index in [2.05, 4.69) is 12.1 Å². The highest BCUT2D eigenvalue weighted by Gasteiger charge is 2.11. The first-order chi connectivity index (χ1) is 13.1. The number of aromatic nitrogens is 1. The normalized spacial score (nSPS) is 11.9. The van der Waals surface area contributed by atoms with Crippen LogP contribution in [-0.2, 0) is 17.7 Å². The highest BCUT2D eigenvalue weighted by molar-refractivity contribution is 5.89. The van der Waals surface area contributed by atoms with Crippen LogP contribution in [0.4, 0.5) is 0 Å². The molecule has 0 aliphatic heterocycles. The number of ether oxygens (including phenoxy) is 1. The largest absolute Gasteiger partial charge is 0.462 e. The number of nitrogens with two attached hydrogens (primary N) is 1. The summed E-state index contributed by atoms with van der Waals surface area (Å²) in [6.07, 6.45) is 3.39. The van der Waals surface area contributed by atoms with Crippen molar-refractivity contribution < 1.29 is 9.53 Å². The Hall–Kier alpha value is -3.10. The lowest BCUT2D eigenvalue weighted by Crippen LogP contribution is -2.17. The molecule has 5 heteroatoms. The number of carbonyl (C=O) groups is 1. The molecule has 1 unspecified atom stereocenters. The lowest BCUT2D eigenvalue weighted by Gasteiger charge is -2.10. The van der Waals surface area contributed by atoms with Crippen LogP contribution in [0.3, 0.4) is 0 Å². The first-order valence-corrected chi connectivity index (χ1v) is 9.08. The third-order valence-corrected chi connectivity index (χ3v) is 4.38. The Bertz CT molecular complexity index is 968. The molecule has 0 amide bonds. The zero-order valence-corrected chi connectivity index (χ0v) is 15.4. The van der Waals surface area contributed by atoms with Crippen molar-refractivity contribution in [1.29, 1.82) is 5.26 Å². The van der Waals surface area contributed by atoms with Gasteiger partial charge in [0.1, 0.15) is 6.07 Å². The minimum absolute atomic E-state index is 0.0513. The molecule has 5 nitrogen and oxygen atoms in total. The van der Waals surface area contributed by atoms with E-state index >= 15 is 0 Å². The fraction of sp³-hybridized carbons (Fsp3) is 0.273. The summed E-state index contributed by atoms with van der Waals surface area (Å²) in [6.45, 7) is 2.96. The van der Waals surface area contributed by atoms with Crippen molar-refractivity contribution in [3.05, 3.63) is 71.4 Å². The van der Waals surface area contributed by atoms with E-state index < -0.39 is 0 Å². The van der Waals surface area contributed by atoms with Crippen LogP contribution in [0.2, 0.25) is 0 Å². The Labute approximate surface area is 159 Å². The van der Waals surface area contributed by atoms with Crippen LogP contribution < -0.4 is 5.73 Å². The SMILES string of the molecule is CC(N)Cc1cc(C#N)c2c(ccn2CCCOC(=O)c2ccccc2)c1. The van der Waals surface area contributed by atoms with Crippen LogP contribution in [-0.4, -0.2) is 23.2 Å². The van der Waals surface area contributed by atoms with Gasteiger partial charge in [0.2, 0.25) is 0 Å². The number of carbonyl (C=O) groups excluding carboxylic acids is 1. The van der Waals surface area contributed by atoms with Gasteiger partial charge in [-0.3, -0.25) is 0 Å². The summed E-state index contributed by atoms with van der Waals surface area (Å²) in [5, 5.41) is 10.6. The Morgan fingerprint density at radius 2 is 2.04 bits per heavy atom. The Balaban J connectivity index is 1.65. The first kappa shape index (κ1) is 18.7. The molecule has 0 radical (unpaired) electrons. The lowest BCUT2D eigenvalue weighted by molar-refractivity contribution is 0.0496. The summed E-state index contributed by atoms with van der Waals surface area (Å²) in [5.74, 6) is -0.314. The van der Waals surface area contributed by atoms with E-state index in [1.54, 1.807) is 12.1 Å².